The van der Waals surface area contributed by atoms with Crippen LogP contribution in [0.2, 0.25) is 0 Å². The standard InChI is InChI=1S/C25H27FN4O2/c1-15(2)24-28-13-17(14-29-24)25(32)30-23-20(19-5-3-4-6-21(19)26)11-12-27-22(23)16-7-9-18(31)10-8-16/h3-6,11-16,18,31H,7-10H2,1-2H3,(H,30,32). The average Bonchev–Trinajstić information content (AvgIpc) is 2.80. The van der Waals surface area contributed by atoms with Crippen LogP contribution in [0.5, 0.6) is 0 Å². The van der Waals surface area contributed by atoms with Crippen LogP contribution in [0.1, 0.15) is 73.2 Å². The summed E-state index contributed by atoms with van der Waals surface area (Å²) in [6.07, 6.45) is 7.21. The highest BCUT2D eigenvalue weighted by Crippen LogP contribution is 2.40. The zero-order chi connectivity index (χ0) is 22.7. The number of hydrogen-bond acceptors (Lipinski definition) is 5. The summed E-state index contributed by atoms with van der Waals surface area (Å²) in [5.41, 5.74) is 2.51. The lowest BCUT2D eigenvalue weighted by atomic mass is 9.83. The van der Waals surface area contributed by atoms with E-state index in [1.807, 2.05) is 13.8 Å². The fraction of sp³-hybridized carbons (Fsp3) is 0.360. The van der Waals surface area contributed by atoms with Gasteiger partial charge in [0.25, 0.3) is 5.91 Å². The number of rotatable bonds is 5. The number of aliphatic hydroxyl groups excluding tert-OH is 1. The number of carbonyl (C=O) groups is 1. The molecule has 2 aromatic heterocycles. The van der Waals surface area contributed by atoms with Gasteiger partial charge < -0.3 is 10.4 Å². The highest BCUT2D eigenvalue weighted by atomic mass is 19.1. The normalized spacial score (nSPS) is 18.5. The molecule has 0 radical (unpaired) electrons. The highest BCUT2D eigenvalue weighted by Gasteiger charge is 2.27. The lowest BCUT2D eigenvalue weighted by Crippen LogP contribution is -2.21. The molecule has 1 aliphatic carbocycles. The lowest BCUT2D eigenvalue weighted by molar-refractivity contribution is 0.102. The summed E-state index contributed by atoms with van der Waals surface area (Å²) in [5.74, 6) is 0.148. The molecule has 0 spiro atoms. The van der Waals surface area contributed by atoms with Gasteiger partial charge in [0.1, 0.15) is 11.6 Å². The Morgan fingerprint density at radius 3 is 2.38 bits per heavy atom. The maximum atomic E-state index is 14.7. The van der Waals surface area contributed by atoms with E-state index >= 15 is 0 Å². The van der Waals surface area contributed by atoms with Gasteiger partial charge in [0.2, 0.25) is 0 Å². The van der Waals surface area contributed by atoms with Gasteiger partial charge in [-0.3, -0.25) is 9.78 Å². The maximum absolute atomic E-state index is 14.7. The summed E-state index contributed by atoms with van der Waals surface area (Å²) in [6, 6.07) is 8.20. The van der Waals surface area contributed by atoms with Crippen molar-refractivity contribution in [3.63, 3.8) is 0 Å². The molecule has 0 unspecified atom stereocenters. The van der Waals surface area contributed by atoms with Crippen molar-refractivity contribution in [3.05, 3.63) is 71.8 Å². The topological polar surface area (TPSA) is 88.0 Å². The number of amides is 1. The van der Waals surface area contributed by atoms with E-state index in [0.29, 0.717) is 46.7 Å². The van der Waals surface area contributed by atoms with Crippen molar-refractivity contribution in [3.8, 4) is 11.1 Å². The van der Waals surface area contributed by atoms with Crippen LogP contribution in [0.15, 0.2) is 48.9 Å². The zero-order valence-corrected chi connectivity index (χ0v) is 18.3. The molecular weight excluding hydrogens is 407 g/mol. The van der Waals surface area contributed by atoms with Gasteiger partial charge in [-0.05, 0) is 37.8 Å². The molecule has 32 heavy (non-hydrogen) atoms. The molecule has 166 valence electrons. The van der Waals surface area contributed by atoms with Crippen molar-refractivity contribution < 1.29 is 14.3 Å². The van der Waals surface area contributed by atoms with E-state index in [4.69, 9.17) is 0 Å². The minimum Gasteiger partial charge on any atom is -0.393 e. The third-order valence-corrected chi connectivity index (χ3v) is 5.92. The third kappa shape index (κ3) is 4.67. The Kier molecular flexibility index (Phi) is 6.55. The van der Waals surface area contributed by atoms with E-state index in [0.717, 1.165) is 12.8 Å². The van der Waals surface area contributed by atoms with E-state index in [-0.39, 0.29) is 29.7 Å². The van der Waals surface area contributed by atoms with Crippen molar-refractivity contribution in [1.29, 1.82) is 0 Å². The predicted octanol–water partition coefficient (Wildman–Crippen LogP) is 5.07. The number of halogens is 1. The summed E-state index contributed by atoms with van der Waals surface area (Å²) in [4.78, 5) is 26.2. The van der Waals surface area contributed by atoms with Crippen LogP contribution < -0.4 is 5.32 Å². The number of aromatic nitrogens is 3. The van der Waals surface area contributed by atoms with Crippen molar-refractivity contribution >= 4 is 11.6 Å². The van der Waals surface area contributed by atoms with E-state index in [1.165, 1.54) is 18.5 Å². The number of hydrogen-bond donors (Lipinski definition) is 2. The SMILES string of the molecule is CC(C)c1ncc(C(=O)Nc2c(-c3ccccc3F)ccnc2C2CCC(O)CC2)cn1. The van der Waals surface area contributed by atoms with Crippen molar-refractivity contribution in [2.75, 3.05) is 5.32 Å². The Morgan fingerprint density at radius 2 is 1.72 bits per heavy atom. The van der Waals surface area contributed by atoms with Crippen LogP contribution in [0, 0.1) is 5.82 Å². The Hall–Kier alpha value is -3.19. The number of anilines is 1. The van der Waals surface area contributed by atoms with Gasteiger partial charge in [-0.1, -0.05) is 32.0 Å². The monoisotopic (exact) mass is 434 g/mol. The number of pyridine rings is 1. The second-order valence-electron chi connectivity index (χ2n) is 8.54. The highest BCUT2D eigenvalue weighted by molar-refractivity contribution is 6.06. The van der Waals surface area contributed by atoms with Gasteiger partial charge in [-0.25, -0.2) is 14.4 Å². The number of benzene rings is 1. The summed E-state index contributed by atoms with van der Waals surface area (Å²) in [6.45, 7) is 3.97. The van der Waals surface area contributed by atoms with Gasteiger partial charge in [0, 0.05) is 41.6 Å². The van der Waals surface area contributed by atoms with Crippen LogP contribution >= 0.6 is 0 Å². The first-order chi connectivity index (χ1) is 15.4. The molecule has 0 atom stereocenters. The maximum Gasteiger partial charge on any atom is 0.258 e. The van der Waals surface area contributed by atoms with E-state index < -0.39 is 0 Å². The Labute approximate surface area is 187 Å². The molecular formula is C25H27FN4O2. The summed E-state index contributed by atoms with van der Waals surface area (Å²) >= 11 is 0. The van der Waals surface area contributed by atoms with Crippen molar-refractivity contribution in [1.82, 2.24) is 15.0 Å². The molecule has 1 amide bonds. The first kappa shape index (κ1) is 22.0. The smallest absolute Gasteiger partial charge is 0.258 e. The number of nitrogens with one attached hydrogen (secondary N) is 1. The molecule has 6 nitrogen and oxygen atoms in total. The molecule has 1 fully saturated rings. The van der Waals surface area contributed by atoms with Gasteiger partial charge in [0.05, 0.1) is 23.0 Å². The van der Waals surface area contributed by atoms with Crippen molar-refractivity contribution in [2.24, 2.45) is 0 Å². The van der Waals surface area contributed by atoms with Gasteiger partial charge >= 0.3 is 0 Å². The molecule has 1 saturated carbocycles. The van der Waals surface area contributed by atoms with Gasteiger partial charge in [-0.15, -0.1) is 0 Å². The van der Waals surface area contributed by atoms with Crippen LogP contribution in [-0.2, 0) is 0 Å². The minimum absolute atomic E-state index is 0.0694. The van der Waals surface area contributed by atoms with Crippen molar-refractivity contribution in [2.45, 2.75) is 57.5 Å². The summed E-state index contributed by atoms with van der Waals surface area (Å²) < 4.78 is 14.7. The molecule has 1 aliphatic rings. The first-order valence-corrected chi connectivity index (χ1v) is 11.0. The second-order valence-corrected chi connectivity index (χ2v) is 8.54. The van der Waals surface area contributed by atoms with Crippen LogP contribution in [-0.4, -0.2) is 32.1 Å². The first-order valence-electron chi connectivity index (χ1n) is 11.0. The van der Waals surface area contributed by atoms with Gasteiger partial charge in [0.15, 0.2) is 0 Å². The molecule has 3 aromatic rings. The molecule has 2 N–H and O–H groups in total. The molecule has 0 bridgehead atoms. The van der Waals surface area contributed by atoms with E-state index in [9.17, 15) is 14.3 Å². The molecule has 4 rings (SSSR count). The quantitative estimate of drug-likeness (QED) is 0.585. The largest absolute Gasteiger partial charge is 0.393 e. The van der Waals surface area contributed by atoms with Crippen LogP contribution in [0.3, 0.4) is 0 Å². The van der Waals surface area contributed by atoms with Crippen LogP contribution in [0.4, 0.5) is 10.1 Å². The van der Waals surface area contributed by atoms with E-state index in [2.05, 4.69) is 20.3 Å². The van der Waals surface area contributed by atoms with E-state index in [1.54, 1.807) is 30.5 Å². The molecule has 0 aliphatic heterocycles. The molecule has 0 saturated heterocycles. The summed E-state index contributed by atoms with van der Waals surface area (Å²) in [5, 5.41) is 12.9. The second kappa shape index (κ2) is 9.53. The molecule has 2 heterocycles. The minimum atomic E-state index is -0.372. The number of nitrogens with zero attached hydrogens (tertiary/aromatic N) is 3. The Balaban J connectivity index is 1.73. The number of carbonyl (C=O) groups excluding carboxylic acids is 1. The molecule has 1 aromatic carbocycles. The lowest BCUT2D eigenvalue weighted by Gasteiger charge is -2.27. The Morgan fingerprint density at radius 1 is 1.03 bits per heavy atom. The fourth-order valence-corrected chi connectivity index (χ4v) is 4.11. The van der Waals surface area contributed by atoms with Crippen LogP contribution in [0.25, 0.3) is 11.1 Å². The number of aliphatic hydroxyl groups is 1. The molecule has 7 heteroatoms. The zero-order valence-electron chi connectivity index (χ0n) is 18.3. The summed E-state index contributed by atoms with van der Waals surface area (Å²) in [7, 11) is 0. The average molecular weight is 435 g/mol. The third-order valence-electron chi connectivity index (χ3n) is 5.92. The van der Waals surface area contributed by atoms with Gasteiger partial charge in [-0.2, -0.15) is 0 Å². The fourth-order valence-electron chi connectivity index (χ4n) is 4.11. The Bertz CT molecular complexity index is 1090. The predicted molar refractivity (Wildman–Crippen MR) is 121 cm³/mol.